The van der Waals surface area contributed by atoms with Crippen LogP contribution in [0.25, 0.3) is 0 Å². The molecule has 0 aliphatic rings. The third kappa shape index (κ3) is 8.30. The van der Waals surface area contributed by atoms with Crippen molar-refractivity contribution >= 4 is 12.1 Å². The van der Waals surface area contributed by atoms with Gasteiger partial charge in [-0.2, -0.15) is 0 Å². The lowest BCUT2D eigenvalue weighted by atomic mass is 10.3. The molecule has 0 unspecified atom stereocenters. The second-order valence-corrected chi connectivity index (χ2v) is 3.54. The number of amides is 1. The first kappa shape index (κ1) is 15.5. The highest BCUT2D eigenvalue weighted by molar-refractivity contribution is 5.88. The van der Waals surface area contributed by atoms with E-state index < -0.39 is 12.1 Å². The first-order chi connectivity index (χ1) is 8.11. The number of hydrogen-bond acceptors (Lipinski definition) is 4. The summed E-state index contributed by atoms with van der Waals surface area (Å²) in [6.07, 6.45) is 3.69. The summed E-state index contributed by atoms with van der Waals surface area (Å²) in [7, 11) is 0. The fourth-order valence-electron chi connectivity index (χ4n) is 1.03. The molecule has 0 atom stereocenters. The van der Waals surface area contributed by atoms with E-state index in [0.29, 0.717) is 18.8 Å². The van der Waals surface area contributed by atoms with Crippen LogP contribution in [0.4, 0.5) is 4.79 Å². The van der Waals surface area contributed by atoms with Crippen LogP contribution in [0, 0.1) is 0 Å². The van der Waals surface area contributed by atoms with E-state index >= 15 is 0 Å². The van der Waals surface area contributed by atoms with Gasteiger partial charge in [-0.05, 0) is 20.3 Å². The van der Waals surface area contributed by atoms with Gasteiger partial charge >= 0.3 is 12.1 Å². The van der Waals surface area contributed by atoms with Crippen LogP contribution in [-0.2, 0) is 14.3 Å². The molecule has 0 aromatic carbocycles. The molecule has 0 heterocycles. The third-order valence-electron chi connectivity index (χ3n) is 1.98. The Labute approximate surface area is 102 Å². The molecule has 17 heavy (non-hydrogen) atoms. The summed E-state index contributed by atoms with van der Waals surface area (Å²) in [5, 5.41) is 2.34. The van der Waals surface area contributed by atoms with Gasteiger partial charge in [0.15, 0.2) is 0 Å². The first-order valence-corrected chi connectivity index (χ1v) is 5.89. The first-order valence-electron chi connectivity index (χ1n) is 5.89. The summed E-state index contributed by atoms with van der Waals surface area (Å²) in [5.41, 5.74) is 0.342. The lowest BCUT2D eigenvalue weighted by Crippen LogP contribution is -2.20. The molecule has 98 valence electrons. The fourth-order valence-corrected chi connectivity index (χ4v) is 1.03. The second kappa shape index (κ2) is 9.69. The average Bonchev–Trinajstić information content (AvgIpc) is 2.31. The Morgan fingerprint density at radius 2 is 1.88 bits per heavy atom. The number of carbonyl (C=O) groups excluding carboxylic acids is 2. The molecule has 0 saturated carbocycles. The fraction of sp³-hybridized carbons (Fsp3) is 0.667. The predicted octanol–water partition coefficient (Wildman–Crippen LogP) is 2.37. The van der Waals surface area contributed by atoms with E-state index in [1.54, 1.807) is 13.8 Å². The second-order valence-electron chi connectivity index (χ2n) is 3.54. The molecular weight excluding hydrogens is 222 g/mol. The number of unbranched alkanes of at least 4 members (excludes halogenated alkanes) is 2. The van der Waals surface area contributed by atoms with Crippen molar-refractivity contribution in [3.05, 3.63) is 11.8 Å². The number of nitrogens with one attached hydrogen (secondary N) is 1. The zero-order valence-corrected chi connectivity index (χ0v) is 10.7. The van der Waals surface area contributed by atoms with Crippen molar-refractivity contribution < 1.29 is 19.1 Å². The van der Waals surface area contributed by atoms with Gasteiger partial charge in [0.25, 0.3) is 0 Å². The minimum Gasteiger partial charge on any atom is -0.462 e. The van der Waals surface area contributed by atoms with Gasteiger partial charge in [0.1, 0.15) is 0 Å². The SMILES string of the molecule is CCCCCOC(=O)C(C)=CNC(=O)OCC. The molecule has 0 rings (SSSR count). The minimum absolute atomic E-state index is 0.292. The van der Waals surface area contributed by atoms with Gasteiger partial charge in [0, 0.05) is 6.20 Å². The molecule has 1 amide bonds. The van der Waals surface area contributed by atoms with E-state index in [1.165, 1.54) is 6.20 Å². The molecule has 0 saturated heterocycles. The van der Waals surface area contributed by atoms with Gasteiger partial charge in [-0.1, -0.05) is 19.8 Å². The lowest BCUT2D eigenvalue weighted by Gasteiger charge is -2.05. The molecule has 0 fully saturated rings. The maximum atomic E-state index is 11.4. The zero-order chi connectivity index (χ0) is 13.1. The number of alkyl carbamates (subject to hydrolysis) is 1. The van der Waals surface area contributed by atoms with Crippen LogP contribution in [0.1, 0.15) is 40.0 Å². The lowest BCUT2D eigenvalue weighted by molar-refractivity contribution is -0.139. The minimum atomic E-state index is -0.578. The van der Waals surface area contributed by atoms with Crippen LogP contribution in [-0.4, -0.2) is 25.3 Å². The van der Waals surface area contributed by atoms with Crippen LogP contribution >= 0.6 is 0 Å². The van der Waals surface area contributed by atoms with Gasteiger partial charge in [0.05, 0.1) is 18.8 Å². The number of carbonyl (C=O) groups is 2. The maximum absolute atomic E-state index is 11.4. The Hall–Kier alpha value is -1.52. The van der Waals surface area contributed by atoms with Gasteiger partial charge in [-0.15, -0.1) is 0 Å². The Morgan fingerprint density at radius 3 is 2.47 bits per heavy atom. The highest BCUT2D eigenvalue weighted by Crippen LogP contribution is 1.99. The quantitative estimate of drug-likeness (QED) is 0.423. The van der Waals surface area contributed by atoms with Crippen molar-refractivity contribution in [1.82, 2.24) is 5.32 Å². The average molecular weight is 243 g/mol. The molecule has 0 aromatic heterocycles. The maximum Gasteiger partial charge on any atom is 0.411 e. The van der Waals surface area contributed by atoms with E-state index in [1.807, 2.05) is 0 Å². The number of ether oxygens (including phenoxy) is 2. The molecular formula is C12H21NO4. The Balaban J connectivity index is 3.86. The van der Waals surface area contributed by atoms with E-state index in [9.17, 15) is 9.59 Å². The van der Waals surface area contributed by atoms with E-state index in [0.717, 1.165) is 19.3 Å². The monoisotopic (exact) mass is 243 g/mol. The summed E-state index contributed by atoms with van der Waals surface area (Å²) in [6.45, 7) is 6.07. The van der Waals surface area contributed by atoms with Crippen molar-refractivity contribution in [2.45, 2.75) is 40.0 Å². The van der Waals surface area contributed by atoms with Crippen molar-refractivity contribution in [2.75, 3.05) is 13.2 Å². The van der Waals surface area contributed by atoms with Crippen molar-refractivity contribution in [3.63, 3.8) is 0 Å². The number of hydrogen-bond donors (Lipinski definition) is 1. The van der Waals surface area contributed by atoms with Gasteiger partial charge < -0.3 is 9.47 Å². The molecule has 5 nitrogen and oxygen atoms in total. The normalized spacial score (nSPS) is 10.9. The van der Waals surface area contributed by atoms with Crippen molar-refractivity contribution in [1.29, 1.82) is 0 Å². The summed E-state index contributed by atoms with van der Waals surface area (Å²) in [4.78, 5) is 22.3. The topological polar surface area (TPSA) is 64.6 Å². The van der Waals surface area contributed by atoms with Crippen LogP contribution < -0.4 is 5.32 Å². The smallest absolute Gasteiger partial charge is 0.411 e. The molecule has 1 N–H and O–H groups in total. The van der Waals surface area contributed by atoms with E-state index in [-0.39, 0.29) is 0 Å². The van der Waals surface area contributed by atoms with Crippen molar-refractivity contribution in [2.24, 2.45) is 0 Å². The predicted molar refractivity (Wildman–Crippen MR) is 64.4 cm³/mol. The Morgan fingerprint density at radius 1 is 1.18 bits per heavy atom. The largest absolute Gasteiger partial charge is 0.462 e. The molecule has 0 aliphatic carbocycles. The summed E-state index contributed by atoms with van der Waals surface area (Å²) in [5.74, 6) is -0.419. The highest BCUT2D eigenvalue weighted by atomic mass is 16.5. The molecule has 0 spiro atoms. The molecule has 0 bridgehead atoms. The highest BCUT2D eigenvalue weighted by Gasteiger charge is 2.06. The van der Waals surface area contributed by atoms with Crippen molar-refractivity contribution in [3.8, 4) is 0 Å². The molecule has 0 aromatic rings. The van der Waals surface area contributed by atoms with Gasteiger partial charge in [0.2, 0.25) is 0 Å². The van der Waals surface area contributed by atoms with Crippen LogP contribution in [0.3, 0.4) is 0 Å². The number of rotatable bonds is 7. The van der Waals surface area contributed by atoms with E-state index in [4.69, 9.17) is 4.74 Å². The molecule has 5 heteroatoms. The van der Waals surface area contributed by atoms with E-state index in [2.05, 4.69) is 17.0 Å². The summed E-state index contributed by atoms with van der Waals surface area (Å²) >= 11 is 0. The summed E-state index contributed by atoms with van der Waals surface area (Å²) in [6, 6.07) is 0. The van der Waals surface area contributed by atoms with Crippen LogP contribution in [0.2, 0.25) is 0 Å². The standard InChI is InChI=1S/C12H21NO4/c1-4-6-7-8-17-11(14)10(3)9-13-12(15)16-5-2/h9H,4-8H2,1-3H3,(H,13,15). The molecule has 0 radical (unpaired) electrons. The Bertz CT molecular complexity index is 274. The summed E-state index contributed by atoms with van der Waals surface area (Å²) < 4.78 is 9.64. The zero-order valence-electron chi connectivity index (χ0n) is 10.7. The van der Waals surface area contributed by atoms with Gasteiger partial charge in [-0.25, -0.2) is 9.59 Å². The molecule has 0 aliphatic heterocycles. The van der Waals surface area contributed by atoms with Crippen LogP contribution in [0.15, 0.2) is 11.8 Å². The number of esters is 1. The third-order valence-corrected chi connectivity index (χ3v) is 1.98. The Kier molecular flexibility index (Phi) is 8.82. The van der Waals surface area contributed by atoms with Gasteiger partial charge in [-0.3, -0.25) is 5.32 Å². The van der Waals surface area contributed by atoms with Crippen LogP contribution in [0.5, 0.6) is 0 Å².